The Morgan fingerprint density at radius 1 is 1.09 bits per heavy atom. The molecule has 0 fully saturated rings. The van der Waals surface area contributed by atoms with Gasteiger partial charge in [0.05, 0.1) is 0 Å². The molecule has 0 unspecified atom stereocenters. The number of hydrogen-bond donors (Lipinski definition) is 0. The molecule has 4 heteroatoms. The van der Waals surface area contributed by atoms with Crippen molar-refractivity contribution in [2.45, 2.75) is 4.90 Å². The first-order valence-electron chi connectivity index (χ1n) is 2.72. The van der Waals surface area contributed by atoms with Crippen LogP contribution in [0.15, 0.2) is 17.0 Å². The van der Waals surface area contributed by atoms with Crippen molar-refractivity contribution < 1.29 is 13.2 Å². The molecular formula is C7H4F3S. The SMILES string of the molecule is [CH2]Sc1ccc(F)c(F)c1F. The average Bonchev–Trinajstić information content (AvgIpc) is 2.01. The molecule has 0 nitrogen and oxygen atoms in total. The van der Waals surface area contributed by atoms with Crippen LogP contribution in [0.3, 0.4) is 0 Å². The molecule has 0 saturated carbocycles. The summed E-state index contributed by atoms with van der Waals surface area (Å²) in [6.07, 6.45) is 3.28. The largest absolute Gasteiger partial charge is 0.204 e. The summed E-state index contributed by atoms with van der Waals surface area (Å²) in [4.78, 5) is 0.00361. The zero-order valence-electron chi connectivity index (χ0n) is 5.40. The van der Waals surface area contributed by atoms with Crippen LogP contribution < -0.4 is 0 Å². The van der Waals surface area contributed by atoms with Gasteiger partial charge in [-0.2, -0.15) is 0 Å². The summed E-state index contributed by atoms with van der Waals surface area (Å²) in [6.45, 7) is 0. The Kier molecular flexibility index (Phi) is 2.44. The van der Waals surface area contributed by atoms with Crippen molar-refractivity contribution in [1.29, 1.82) is 0 Å². The topological polar surface area (TPSA) is 0 Å². The number of benzene rings is 1. The highest BCUT2D eigenvalue weighted by Gasteiger charge is 2.11. The maximum Gasteiger partial charge on any atom is 0.195 e. The van der Waals surface area contributed by atoms with Crippen LogP contribution in [0.1, 0.15) is 0 Å². The first kappa shape index (κ1) is 8.46. The third-order valence-electron chi connectivity index (χ3n) is 1.16. The summed E-state index contributed by atoms with van der Waals surface area (Å²) in [6, 6.07) is 2.01. The monoisotopic (exact) mass is 177 g/mol. The van der Waals surface area contributed by atoms with Gasteiger partial charge in [0.15, 0.2) is 17.5 Å². The second-order valence-electron chi connectivity index (χ2n) is 1.82. The summed E-state index contributed by atoms with van der Waals surface area (Å²) in [7, 11) is 0. The van der Waals surface area contributed by atoms with Gasteiger partial charge in [-0.25, -0.2) is 13.2 Å². The molecule has 0 aliphatic rings. The summed E-state index contributed by atoms with van der Waals surface area (Å²) in [5, 5.41) is 0. The smallest absolute Gasteiger partial charge is 0.195 e. The molecule has 1 aromatic rings. The van der Waals surface area contributed by atoms with Gasteiger partial charge in [-0.1, -0.05) is 0 Å². The molecule has 1 rings (SSSR count). The maximum atomic E-state index is 12.6. The van der Waals surface area contributed by atoms with Gasteiger partial charge in [0.25, 0.3) is 0 Å². The van der Waals surface area contributed by atoms with E-state index in [1.54, 1.807) is 0 Å². The van der Waals surface area contributed by atoms with E-state index in [9.17, 15) is 13.2 Å². The lowest BCUT2D eigenvalue weighted by atomic mass is 10.3. The van der Waals surface area contributed by atoms with Gasteiger partial charge in [-0.15, -0.1) is 11.8 Å². The van der Waals surface area contributed by atoms with Crippen molar-refractivity contribution >= 4 is 11.8 Å². The molecule has 59 valence electrons. The normalized spacial score (nSPS) is 10.2. The minimum atomic E-state index is -1.45. The number of rotatable bonds is 1. The van der Waals surface area contributed by atoms with E-state index < -0.39 is 17.5 Å². The molecule has 0 atom stereocenters. The van der Waals surface area contributed by atoms with Crippen LogP contribution in [0.2, 0.25) is 0 Å². The lowest BCUT2D eigenvalue weighted by molar-refractivity contribution is 0.435. The van der Waals surface area contributed by atoms with E-state index in [2.05, 4.69) is 6.26 Å². The molecule has 11 heavy (non-hydrogen) atoms. The average molecular weight is 177 g/mol. The number of halogens is 3. The minimum Gasteiger partial charge on any atom is -0.204 e. The van der Waals surface area contributed by atoms with Gasteiger partial charge in [0.2, 0.25) is 0 Å². The van der Waals surface area contributed by atoms with Crippen LogP contribution in [-0.4, -0.2) is 0 Å². The molecule has 0 bridgehead atoms. The summed E-state index contributed by atoms with van der Waals surface area (Å²) in [5.41, 5.74) is 0. The molecule has 0 aliphatic carbocycles. The summed E-state index contributed by atoms with van der Waals surface area (Å²) >= 11 is 0.787. The van der Waals surface area contributed by atoms with Crippen molar-refractivity contribution in [3.8, 4) is 0 Å². The third kappa shape index (κ3) is 1.50. The zero-order valence-corrected chi connectivity index (χ0v) is 6.22. The van der Waals surface area contributed by atoms with Crippen molar-refractivity contribution in [3.63, 3.8) is 0 Å². The predicted octanol–water partition coefficient (Wildman–Crippen LogP) is 2.99. The Morgan fingerprint density at radius 2 is 1.73 bits per heavy atom. The number of thioether (sulfide) groups is 1. The molecule has 0 aromatic heterocycles. The van der Waals surface area contributed by atoms with Gasteiger partial charge in [0.1, 0.15) is 0 Å². The molecular weight excluding hydrogens is 173 g/mol. The molecule has 1 aromatic carbocycles. The Balaban J connectivity index is 3.25. The first-order chi connectivity index (χ1) is 5.16. The molecule has 0 N–H and O–H groups in total. The van der Waals surface area contributed by atoms with E-state index in [4.69, 9.17) is 0 Å². The Bertz CT molecular complexity index is 273. The van der Waals surface area contributed by atoms with E-state index in [0.717, 1.165) is 23.9 Å². The fourth-order valence-corrected chi connectivity index (χ4v) is 1.00. The summed E-state index contributed by atoms with van der Waals surface area (Å²) < 4.78 is 37.2. The lowest BCUT2D eigenvalue weighted by Gasteiger charge is -1.99. The highest BCUT2D eigenvalue weighted by atomic mass is 32.2. The number of hydrogen-bond acceptors (Lipinski definition) is 1. The van der Waals surface area contributed by atoms with Crippen LogP contribution >= 0.6 is 11.8 Å². The van der Waals surface area contributed by atoms with Crippen LogP contribution in [0.5, 0.6) is 0 Å². The molecule has 0 saturated heterocycles. The molecule has 1 radical (unpaired) electrons. The van der Waals surface area contributed by atoms with Crippen molar-refractivity contribution in [1.82, 2.24) is 0 Å². The van der Waals surface area contributed by atoms with Gasteiger partial charge >= 0.3 is 0 Å². The molecule has 0 heterocycles. The fraction of sp³-hybridized carbons (Fsp3) is 0. The van der Waals surface area contributed by atoms with E-state index in [0.29, 0.717) is 0 Å². The standard InChI is InChI=1S/C7H4F3S/c1-11-5-3-2-4(8)6(9)7(5)10/h2-3H,1H2. The van der Waals surface area contributed by atoms with Crippen molar-refractivity contribution in [2.75, 3.05) is 0 Å². The fourth-order valence-electron chi connectivity index (χ4n) is 0.620. The van der Waals surface area contributed by atoms with Crippen molar-refractivity contribution in [3.05, 3.63) is 35.8 Å². The second kappa shape index (κ2) is 3.17. The van der Waals surface area contributed by atoms with Crippen LogP contribution in [0.25, 0.3) is 0 Å². The predicted molar refractivity (Wildman–Crippen MR) is 37.5 cm³/mol. The Morgan fingerprint density at radius 3 is 2.27 bits per heavy atom. The van der Waals surface area contributed by atoms with Crippen LogP contribution in [-0.2, 0) is 0 Å². The Labute approximate surface area is 66.4 Å². The third-order valence-corrected chi connectivity index (χ3v) is 1.78. The van der Waals surface area contributed by atoms with Crippen molar-refractivity contribution in [2.24, 2.45) is 0 Å². The second-order valence-corrected chi connectivity index (χ2v) is 2.55. The first-order valence-corrected chi connectivity index (χ1v) is 3.71. The molecule has 0 amide bonds. The van der Waals surface area contributed by atoms with E-state index in [1.807, 2.05) is 0 Å². The quantitative estimate of drug-likeness (QED) is 0.469. The molecule has 0 spiro atoms. The van der Waals surface area contributed by atoms with Crippen LogP contribution in [0, 0.1) is 23.7 Å². The molecule has 0 aliphatic heterocycles. The van der Waals surface area contributed by atoms with Gasteiger partial charge in [-0.05, 0) is 12.1 Å². The van der Waals surface area contributed by atoms with E-state index >= 15 is 0 Å². The van der Waals surface area contributed by atoms with Gasteiger partial charge < -0.3 is 0 Å². The van der Waals surface area contributed by atoms with E-state index in [-0.39, 0.29) is 4.90 Å². The minimum absolute atomic E-state index is 0.00361. The van der Waals surface area contributed by atoms with E-state index in [1.165, 1.54) is 0 Å². The van der Waals surface area contributed by atoms with Crippen LogP contribution in [0.4, 0.5) is 13.2 Å². The summed E-state index contributed by atoms with van der Waals surface area (Å²) in [5.74, 6) is -3.80. The highest BCUT2D eigenvalue weighted by Crippen LogP contribution is 2.23. The zero-order chi connectivity index (χ0) is 8.43. The van der Waals surface area contributed by atoms with Gasteiger partial charge in [-0.3, -0.25) is 0 Å². The lowest BCUT2D eigenvalue weighted by Crippen LogP contribution is -1.91. The maximum absolute atomic E-state index is 12.6. The highest BCUT2D eigenvalue weighted by molar-refractivity contribution is 8.00. The Hall–Kier alpha value is -0.640. The van der Waals surface area contributed by atoms with Gasteiger partial charge in [0, 0.05) is 11.2 Å².